The molecule has 0 aromatic rings. The van der Waals surface area contributed by atoms with E-state index in [9.17, 15) is 0 Å². The molecule has 1 aliphatic carbocycles. The van der Waals surface area contributed by atoms with Crippen molar-refractivity contribution in [3.05, 3.63) is 0 Å². The summed E-state index contributed by atoms with van der Waals surface area (Å²) in [5.41, 5.74) is 6.46. The van der Waals surface area contributed by atoms with E-state index in [0.29, 0.717) is 12.1 Å². The van der Waals surface area contributed by atoms with Gasteiger partial charge in [-0.3, -0.25) is 9.80 Å². The molecule has 2 aliphatic heterocycles. The minimum atomic E-state index is 0.421. The van der Waals surface area contributed by atoms with Crippen LogP contribution in [0.1, 0.15) is 51.9 Å². The van der Waals surface area contributed by atoms with Crippen molar-refractivity contribution >= 4 is 0 Å². The summed E-state index contributed by atoms with van der Waals surface area (Å²) in [5, 5.41) is 0. The van der Waals surface area contributed by atoms with Crippen LogP contribution in [0.2, 0.25) is 0 Å². The van der Waals surface area contributed by atoms with Gasteiger partial charge in [0.05, 0.1) is 0 Å². The fourth-order valence-corrected chi connectivity index (χ4v) is 4.68. The molecule has 2 saturated heterocycles. The van der Waals surface area contributed by atoms with Crippen molar-refractivity contribution in [2.24, 2.45) is 11.7 Å². The van der Waals surface area contributed by atoms with Crippen LogP contribution < -0.4 is 5.73 Å². The van der Waals surface area contributed by atoms with Gasteiger partial charge in [0, 0.05) is 37.3 Å². The number of fused-ring (bicyclic) bond motifs is 2. The van der Waals surface area contributed by atoms with Gasteiger partial charge in [-0.1, -0.05) is 13.3 Å². The lowest BCUT2D eigenvalue weighted by atomic mass is 9.80. The zero-order chi connectivity index (χ0) is 13.4. The Morgan fingerprint density at radius 1 is 1.05 bits per heavy atom. The normalized spacial score (nSPS) is 45.3. The highest BCUT2D eigenvalue weighted by Crippen LogP contribution is 2.34. The van der Waals surface area contributed by atoms with E-state index in [4.69, 9.17) is 5.73 Å². The van der Waals surface area contributed by atoms with Gasteiger partial charge in [0.15, 0.2) is 0 Å². The minimum absolute atomic E-state index is 0.421. The number of nitrogens with two attached hydrogens (primary N) is 1. The third-order valence-corrected chi connectivity index (χ3v) is 6.20. The zero-order valence-corrected chi connectivity index (χ0v) is 12.7. The molecule has 1 saturated carbocycles. The van der Waals surface area contributed by atoms with Gasteiger partial charge >= 0.3 is 0 Å². The summed E-state index contributed by atoms with van der Waals surface area (Å²) in [4.78, 5) is 5.40. The molecule has 0 aromatic heterocycles. The van der Waals surface area contributed by atoms with Gasteiger partial charge in [-0.15, -0.1) is 0 Å². The molecule has 2 heterocycles. The molecule has 2 N–H and O–H groups in total. The average molecular weight is 265 g/mol. The molecule has 5 unspecified atom stereocenters. The Balaban J connectivity index is 1.67. The molecule has 3 nitrogen and oxygen atoms in total. The topological polar surface area (TPSA) is 32.5 Å². The standard InChI is InChI=1S/C16H31N3/c1-3-12-4-7-15(17)16(10-12)19-9-8-13-5-6-14(11-19)18(13)2/h12-16H,3-11,17H2,1-2H3. The summed E-state index contributed by atoms with van der Waals surface area (Å²) in [7, 11) is 2.33. The Hall–Kier alpha value is -0.120. The number of nitrogens with zero attached hydrogens (tertiary/aromatic N) is 2. The molecular formula is C16H31N3. The first-order valence-electron chi connectivity index (χ1n) is 8.40. The van der Waals surface area contributed by atoms with Gasteiger partial charge in [0.1, 0.15) is 0 Å². The molecular weight excluding hydrogens is 234 g/mol. The van der Waals surface area contributed by atoms with Crippen LogP contribution in [0.4, 0.5) is 0 Å². The molecule has 0 spiro atoms. The molecule has 2 bridgehead atoms. The Labute approximate surface area is 118 Å². The Morgan fingerprint density at radius 3 is 2.63 bits per heavy atom. The van der Waals surface area contributed by atoms with Crippen LogP contribution in [0.3, 0.4) is 0 Å². The van der Waals surface area contributed by atoms with Crippen molar-refractivity contribution in [1.29, 1.82) is 0 Å². The summed E-state index contributed by atoms with van der Waals surface area (Å²) in [5.74, 6) is 0.919. The lowest BCUT2D eigenvalue weighted by Gasteiger charge is -2.42. The first kappa shape index (κ1) is 13.8. The Morgan fingerprint density at radius 2 is 1.84 bits per heavy atom. The van der Waals surface area contributed by atoms with Crippen molar-refractivity contribution in [2.75, 3.05) is 20.1 Å². The van der Waals surface area contributed by atoms with Gasteiger partial charge in [-0.25, -0.2) is 0 Å². The predicted octanol–water partition coefficient (Wildman–Crippen LogP) is 2.06. The van der Waals surface area contributed by atoms with Gasteiger partial charge in [0.2, 0.25) is 0 Å². The first-order chi connectivity index (χ1) is 9.19. The van der Waals surface area contributed by atoms with E-state index >= 15 is 0 Å². The van der Waals surface area contributed by atoms with Gasteiger partial charge < -0.3 is 5.73 Å². The zero-order valence-electron chi connectivity index (χ0n) is 12.7. The van der Waals surface area contributed by atoms with E-state index in [1.165, 1.54) is 58.0 Å². The van der Waals surface area contributed by atoms with E-state index in [1.807, 2.05) is 0 Å². The average Bonchev–Trinajstić information content (AvgIpc) is 2.65. The van der Waals surface area contributed by atoms with E-state index in [-0.39, 0.29) is 0 Å². The number of rotatable bonds is 2. The summed E-state index contributed by atoms with van der Waals surface area (Å²) in [6.07, 6.45) is 9.45. The molecule has 110 valence electrons. The van der Waals surface area contributed by atoms with Crippen molar-refractivity contribution in [1.82, 2.24) is 9.80 Å². The van der Waals surface area contributed by atoms with Crippen LogP contribution in [0.25, 0.3) is 0 Å². The van der Waals surface area contributed by atoms with Crippen LogP contribution in [-0.4, -0.2) is 54.1 Å². The molecule has 5 atom stereocenters. The molecule has 19 heavy (non-hydrogen) atoms. The van der Waals surface area contributed by atoms with E-state index < -0.39 is 0 Å². The SMILES string of the molecule is CCC1CCC(N)C(N2CCC3CCC(C2)N3C)C1. The fraction of sp³-hybridized carbons (Fsp3) is 1.00. The van der Waals surface area contributed by atoms with E-state index in [1.54, 1.807) is 0 Å². The van der Waals surface area contributed by atoms with Crippen LogP contribution in [0, 0.1) is 5.92 Å². The van der Waals surface area contributed by atoms with E-state index in [0.717, 1.165) is 18.0 Å². The summed E-state index contributed by atoms with van der Waals surface area (Å²) in [6, 6.07) is 2.72. The highest BCUT2D eigenvalue weighted by atomic mass is 15.3. The largest absolute Gasteiger partial charge is 0.326 e. The van der Waals surface area contributed by atoms with Gasteiger partial charge in [-0.05, 0) is 51.5 Å². The van der Waals surface area contributed by atoms with Crippen LogP contribution in [-0.2, 0) is 0 Å². The van der Waals surface area contributed by atoms with Crippen molar-refractivity contribution in [2.45, 2.75) is 76.0 Å². The maximum atomic E-state index is 6.46. The Bertz CT molecular complexity index is 306. The summed E-state index contributed by atoms with van der Waals surface area (Å²) >= 11 is 0. The molecule has 3 rings (SSSR count). The second kappa shape index (κ2) is 5.71. The summed E-state index contributed by atoms with van der Waals surface area (Å²) in [6.45, 7) is 4.89. The molecule has 0 amide bonds. The van der Waals surface area contributed by atoms with Gasteiger partial charge in [-0.2, -0.15) is 0 Å². The first-order valence-corrected chi connectivity index (χ1v) is 8.40. The van der Waals surface area contributed by atoms with Crippen LogP contribution >= 0.6 is 0 Å². The molecule has 0 radical (unpaired) electrons. The maximum absolute atomic E-state index is 6.46. The number of hydrogen-bond donors (Lipinski definition) is 1. The van der Waals surface area contributed by atoms with Crippen molar-refractivity contribution in [3.63, 3.8) is 0 Å². The quantitative estimate of drug-likeness (QED) is 0.829. The highest BCUT2D eigenvalue weighted by Gasteiger charge is 2.39. The third kappa shape index (κ3) is 2.70. The number of hydrogen-bond acceptors (Lipinski definition) is 3. The third-order valence-electron chi connectivity index (χ3n) is 6.20. The van der Waals surface area contributed by atoms with E-state index in [2.05, 4.69) is 23.8 Å². The highest BCUT2D eigenvalue weighted by molar-refractivity contribution is 4.96. The number of likely N-dealkylation sites (tertiary alicyclic amines) is 1. The maximum Gasteiger partial charge on any atom is 0.0250 e. The fourth-order valence-electron chi connectivity index (χ4n) is 4.68. The summed E-state index contributed by atoms with van der Waals surface area (Å²) < 4.78 is 0. The lowest BCUT2D eigenvalue weighted by Crippen LogP contribution is -2.53. The van der Waals surface area contributed by atoms with Gasteiger partial charge in [0.25, 0.3) is 0 Å². The lowest BCUT2D eigenvalue weighted by molar-refractivity contribution is 0.0999. The Kier molecular flexibility index (Phi) is 4.16. The monoisotopic (exact) mass is 265 g/mol. The smallest absolute Gasteiger partial charge is 0.0250 e. The molecule has 3 fully saturated rings. The van der Waals surface area contributed by atoms with Crippen molar-refractivity contribution < 1.29 is 0 Å². The minimum Gasteiger partial charge on any atom is -0.326 e. The van der Waals surface area contributed by atoms with Crippen molar-refractivity contribution in [3.8, 4) is 0 Å². The number of likely N-dealkylation sites (N-methyl/N-ethyl adjacent to an activating group) is 1. The van der Waals surface area contributed by atoms with Crippen LogP contribution in [0.5, 0.6) is 0 Å². The molecule has 0 aromatic carbocycles. The predicted molar refractivity (Wildman–Crippen MR) is 80.2 cm³/mol. The second-order valence-corrected chi connectivity index (χ2v) is 7.15. The molecule has 3 aliphatic rings. The van der Waals surface area contributed by atoms with Crippen LogP contribution in [0.15, 0.2) is 0 Å². The second-order valence-electron chi connectivity index (χ2n) is 7.15. The molecule has 3 heteroatoms.